The molecule has 0 spiro atoms. The minimum Gasteiger partial charge on any atom is -0.339 e. The molecular formula is C22H25FN4O5S. The highest BCUT2D eigenvalue weighted by atomic mass is 32.2. The number of benzene rings is 2. The predicted molar refractivity (Wildman–Crippen MR) is 118 cm³/mol. The van der Waals surface area contributed by atoms with Crippen molar-refractivity contribution in [2.75, 3.05) is 32.7 Å². The van der Waals surface area contributed by atoms with Gasteiger partial charge in [0, 0.05) is 38.3 Å². The number of nitrogens with zero attached hydrogens (tertiary/aromatic N) is 2. The summed E-state index contributed by atoms with van der Waals surface area (Å²) in [7, 11) is -3.73. The molecule has 176 valence electrons. The van der Waals surface area contributed by atoms with Gasteiger partial charge in [0.2, 0.25) is 15.9 Å². The molecule has 0 radical (unpaired) electrons. The first kappa shape index (κ1) is 24.3. The molecule has 1 aliphatic heterocycles. The van der Waals surface area contributed by atoms with E-state index in [1.54, 1.807) is 12.1 Å². The average molecular weight is 477 g/mol. The van der Waals surface area contributed by atoms with Gasteiger partial charge in [-0.1, -0.05) is 24.3 Å². The molecule has 3 rings (SSSR count). The number of amides is 3. The van der Waals surface area contributed by atoms with E-state index in [0.29, 0.717) is 11.1 Å². The van der Waals surface area contributed by atoms with Crippen molar-refractivity contribution >= 4 is 27.7 Å². The Morgan fingerprint density at radius 1 is 0.909 bits per heavy atom. The third-order valence-electron chi connectivity index (χ3n) is 5.26. The Balaban J connectivity index is 1.44. The van der Waals surface area contributed by atoms with E-state index in [1.165, 1.54) is 52.5 Å². The lowest BCUT2D eigenvalue weighted by molar-refractivity contribution is -0.131. The van der Waals surface area contributed by atoms with Gasteiger partial charge in [-0.05, 0) is 36.8 Å². The zero-order valence-corrected chi connectivity index (χ0v) is 18.9. The van der Waals surface area contributed by atoms with Crippen LogP contribution in [0.5, 0.6) is 0 Å². The van der Waals surface area contributed by atoms with Crippen LogP contribution in [0.25, 0.3) is 0 Å². The van der Waals surface area contributed by atoms with Crippen molar-refractivity contribution in [1.29, 1.82) is 0 Å². The van der Waals surface area contributed by atoms with Gasteiger partial charge in [-0.25, -0.2) is 17.6 Å². The molecule has 1 aliphatic rings. The molecule has 2 aromatic rings. The molecule has 0 atom stereocenters. The lowest BCUT2D eigenvalue weighted by Gasteiger charge is -2.34. The Labute approximate surface area is 191 Å². The minimum atomic E-state index is -3.73. The summed E-state index contributed by atoms with van der Waals surface area (Å²) in [6.07, 6.45) is 0. The van der Waals surface area contributed by atoms with E-state index in [-0.39, 0.29) is 61.7 Å². The van der Waals surface area contributed by atoms with Crippen molar-refractivity contribution in [3.05, 3.63) is 65.5 Å². The fourth-order valence-corrected chi connectivity index (χ4v) is 4.73. The van der Waals surface area contributed by atoms with Crippen molar-refractivity contribution in [2.45, 2.75) is 18.4 Å². The van der Waals surface area contributed by atoms with Crippen molar-refractivity contribution in [1.82, 2.24) is 19.8 Å². The number of rotatable bonds is 7. The fraction of sp³-hybridized carbons (Fsp3) is 0.318. The number of carbonyl (C=O) groups excluding carboxylic acids is 3. The SMILES string of the molecule is CC(=O)c1ccc(S(=O)(=O)N2CCN(C(=O)CNC(=O)NCc3ccc(F)cc3)CC2)cc1. The van der Waals surface area contributed by atoms with E-state index in [2.05, 4.69) is 10.6 Å². The number of piperazine rings is 1. The van der Waals surface area contributed by atoms with Crippen LogP contribution in [0.2, 0.25) is 0 Å². The third kappa shape index (κ3) is 6.36. The fourth-order valence-electron chi connectivity index (χ4n) is 3.30. The second-order valence-electron chi connectivity index (χ2n) is 7.53. The van der Waals surface area contributed by atoms with Gasteiger partial charge in [0.05, 0.1) is 11.4 Å². The van der Waals surface area contributed by atoms with Gasteiger partial charge in [0.25, 0.3) is 0 Å². The van der Waals surface area contributed by atoms with Crippen LogP contribution in [0, 0.1) is 5.82 Å². The zero-order valence-electron chi connectivity index (χ0n) is 18.1. The van der Waals surface area contributed by atoms with Crippen LogP contribution in [0.3, 0.4) is 0 Å². The van der Waals surface area contributed by atoms with Crippen LogP contribution in [0.15, 0.2) is 53.4 Å². The molecule has 1 fully saturated rings. The Morgan fingerprint density at radius 2 is 1.52 bits per heavy atom. The average Bonchev–Trinajstić information content (AvgIpc) is 2.82. The maximum absolute atomic E-state index is 12.9. The second-order valence-corrected chi connectivity index (χ2v) is 9.47. The summed E-state index contributed by atoms with van der Waals surface area (Å²) >= 11 is 0. The number of urea groups is 1. The number of sulfonamides is 1. The highest BCUT2D eigenvalue weighted by molar-refractivity contribution is 7.89. The molecule has 0 saturated carbocycles. The number of nitrogens with one attached hydrogen (secondary N) is 2. The standard InChI is InChI=1S/C22H25FN4O5S/c1-16(28)18-4-8-20(9-5-18)33(31,32)27-12-10-26(11-13-27)21(29)15-25-22(30)24-14-17-2-6-19(23)7-3-17/h2-9H,10-15H2,1H3,(H2,24,25,30). The summed E-state index contributed by atoms with van der Waals surface area (Å²) in [5.74, 6) is -0.841. The Hall–Kier alpha value is -3.31. The quantitative estimate of drug-likeness (QED) is 0.586. The molecule has 3 amide bonds. The molecule has 9 nitrogen and oxygen atoms in total. The molecule has 0 aromatic heterocycles. The molecule has 1 heterocycles. The number of Topliss-reactive ketones (excluding diaryl/α,β-unsaturated/α-hetero) is 1. The van der Waals surface area contributed by atoms with Gasteiger partial charge in [0.1, 0.15) is 5.82 Å². The minimum absolute atomic E-state index is 0.0896. The molecule has 11 heteroatoms. The topological polar surface area (TPSA) is 116 Å². The largest absolute Gasteiger partial charge is 0.339 e. The van der Waals surface area contributed by atoms with Crippen molar-refractivity contribution < 1.29 is 27.2 Å². The molecule has 33 heavy (non-hydrogen) atoms. The van der Waals surface area contributed by atoms with E-state index >= 15 is 0 Å². The highest BCUT2D eigenvalue weighted by Gasteiger charge is 2.30. The number of ketones is 1. The maximum Gasteiger partial charge on any atom is 0.315 e. The first-order chi connectivity index (χ1) is 15.7. The third-order valence-corrected chi connectivity index (χ3v) is 7.17. The first-order valence-electron chi connectivity index (χ1n) is 10.3. The molecule has 2 aromatic carbocycles. The highest BCUT2D eigenvalue weighted by Crippen LogP contribution is 2.18. The second kappa shape index (κ2) is 10.5. The van der Waals surface area contributed by atoms with E-state index in [0.717, 1.165) is 0 Å². The number of hydrogen-bond donors (Lipinski definition) is 2. The van der Waals surface area contributed by atoms with E-state index in [9.17, 15) is 27.2 Å². The summed E-state index contributed by atoms with van der Waals surface area (Å²) in [6, 6.07) is 10.9. The Kier molecular flexibility index (Phi) is 7.77. The van der Waals surface area contributed by atoms with Gasteiger partial charge in [0.15, 0.2) is 5.78 Å². The van der Waals surface area contributed by atoms with Gasteiger partial charge in [-0.2, -0.15) is 4.31 Å². The number of carbonyl (C=O) groups is 3. The molecule has 1 saturated heterocycles. The van der Waals surface area contributed by atoms with E-state index < -0.39 is 16.1 Å². The normalized spacial score (nSPS) is 14.5. The molecular weight excluding hydrogens is 451 g/mol. The van der Waals surface area contributed by atoms with Gasteiger partial charge in [-0.15, -0.1) is 0 Å². The molecule has 2 N–H and O–H groups in total. The van der Waals surface area contributed by atoms with Gasteiger partial charge < -0.3 is 15.5 Å². The van der Waals surface area contributed by atoms with Crippen LogP contribution < -0.4 is 10.6 Å². The molecule has 0 bridgehead atoms. The lowest BCUT2D eigenvalue weighted by atomic mass is 10.2. The number of hydrogen-bond acceptors (Lipinski definition) is 5. The van der Waals surface area contributed by atoms with Crippen LogP contribution in [0.1, 0.15) is 22.8 Å². The zero-order chi connectivity index (χ0) is 24.0. The monoisotopic (exact) mass is 476 g/mol. The summed E-state index contributed by atoms with van der Waals surface area (Å²) < 4.78 is 39.8. The lowest BCUT2D eigenvalue weighted by Crippen LogP contribution is -2.53. The van der Waals surface area contributed by atoms with E-state index in [1.807, 2.05) is 0 Å². The first-order valence-corrected chi connectivity index (χ1v) is 11.8. The summed E-state index contributed by atoms with van der Waals surface area (Å²) in [5.41, 5.74) is 1.14. The van der Waals surface area contributed by atoms with Crippen molar-refractivity contribution in [2.24, 2.45) is 0 Å². The van der Waals surface area contributed by atoms with Gasteiger partial charge >= 0.3 is 6.03 Å². The Morgan fingerprint density at radius 3 is 2.09 bits per heavy atom. The summed E-state index contributed by atoms with van der Waals surface area (Å²) in [5, 5.41) is 5.05. The van der Waals surface area contributed by atoms with E-state index in [4.69, 9.17) is 0 Å². The molecule has 0 aliphatic carbocycles. The van der Waals surface area contributed by atoms with Crippen LogP contribution in [-0.2, 0) is 21.4 Å². The van der Waals surface area contributed by atoms with Crippen LogP contribution >= 0.6 is 0 Å². The number of halogens is 1. The summed E-state index contributed by atoms with van der Waals surface area (Å²) in [6.45, 7) is 2.01. The maximum atomic E-state index is 12.9. The van der Waals surface area contributed by atoms with Crippen LogP contribution in [0.4, 0.5) is 9.18 Å². The van der Waals surface area contributed by atoms with Crippen LogP contribution in [-0.4, -0.2) is 68.1 Å². The van der Waals surface area contributed by atoms with Crippen molar-refractivity contribution in [3.63, 3.8) is 0 Å². The Bertz CT molecular complexity index is 1110. The predicted octanol–water partition coefficient (Wildman–Crippen LogP) is 1.36. The summed E-state index contributed by atoms with van der Waals surface area (Å²) in [4.78, 5) is 37.2. The smallest absolute Gasteiger partial charge is 0.315 e. The van der Waals surface area contributed by atoms with Crippen molar-refractivity contribution in [3.8, 4) is 0 Å². The molecule has 0 unspecified atom stereocenters. The van der Waals surface area contributed by atoms with Gasteiger partial charge in [-0.3, -0.25) is 9.59 Å².